The van der Waals surface area contributed by atoms with Crippen molar-refractivity contribution in [1.29, 1.82) is 0 Å². The minimum atomic E-state index is -0.919. The van der Waals surface area contributed by atoms with Crippen molar-refractivity contribution in [3.8, 4) is 0 Å². The summed E-state index contributed by atoms with van der Waals surface area (Å²) in [5.74, 6) is 0.464. The standard InChI is InChI=1S/C7H14N2O2/c1-2-5-3-8-4-6(5)9-7(10)11/h5-6,8-9H,2-4H2,1H3,(H,10,11)/t5-,6+/m0/s1. The van der Waals surface area contributed by atoms with E-state index in [0.717, 1.165) is 19.5 Å². The van der Waals surface area contributed by atoms with E-state index in [1.54, 1.807) is 0 Å². The first-order chi connectivity index (χ1) is 5.24. The normalized spacial score (nSPS) is 30.3. The fraction of sp³-hybridized carbons (Fsp3) is 0.857. The number of hydrogen-bond acceptors (Lipinski definition) is 2. The summed E-state index contributed by atoms with van der Waals surface area (Å²) < 4.78 is 0. The van der Waals surface area contributed by atoms with Gasteiger partial charge in [0.1, 0.15) is 0 Å². The molecule has 0 bridgehead atoms. The molecule has 1 aliphatic heterocycles. The molecule has 1 fully saturated rings. The number of carbonyl (C=O) groups is 1. The van der Waals surface area contributed by atoms with E-state index in [1.165, 1.54) is 0 Å². The first-order valence-electron chi connectivity index (χ1n) is 3.94. The Morgan fingerprint density at radius 3 is 3.00 bits per heavy atom. The molecule has 2 atom stereocenters. The molecule has 11 heavy (non-hydrogen) atoms. The molecule has 1 aliphatic rings. The topological polar surface area (TPSA) is 61.4 Å². The smallest absolute Gasteiger partial charge is 0.404 e. The van der Waals surface area contributed by atoms with Gasteiger partial charge in [-0.25, -0.2) is 4.79 Å². The van der Waals surface area contributed by atoms with Crippen LogP contribution in [0.1, 0.15) is 13.3 Å². The lowest BCUT2D eigenvalue weighted by Crippen LogP contribution is -2.39. The molecule has 0 unspecified atom stereocenters. The molecule has 0 aromatic carbocycles. The van der Waals surface area contributed by atoms with Crippen molar-refractivity contribution < 1.29 is 9.90 Å². The quantitative estimate of drug-likeness (QED) is 0.540. The number of rotatable bonds is 2. The molecule has 3 N–H and O–H groups in total. The maximum Gasteiger partial charge on any atom is 0.404 e. The molecular weight excluding hydrogens is 144 g/mol. The molecule has 0 spiro atoms. The number of hydrogen-bond donors (Lipinski definition) is 3. The molecule has 1 heterocycles. The van der Waals surface area contributed by atoms with E-state index in [1.807, 2.05) is 0 Å². The monoisotopic (exact) mass is 158 g/mol. The summed E-state index contributed by atoms with van der Waals surface area (Å²) in [4.78, 5) is 10.3. The number of amides is 1. The molecule has 1 amide bonds. The van der Waals surface area contributed by atoms with Gasteiger partial charge < -0.3 is 15.7 Å². The van der Waals surface area contributed by atoms with Crippen LogP contribution in [0.4, 0.5) is 4.79 Å². The summed E-state index contributed by atoms with van der Waals surface area (Å²) in [5.41, 5.74) is 0. The van der Waals surface area contributed by atoms with Crippen LogP contribution in [0.5, 0.6) is 0 Å². The minimum absolute atomic E-state index is 0.109. The second-order valence-corrected chi connectivity index (χ2v) is 2.88. The van der Waals surface area contributed by atoms with Gasteiger partial charge in [0.2, 0.25) is 0 Å². The van der Waals surface area contributed by atoms with Gasteiger partial charge >= 0.3 is 6.09 Å². The van der Waals surface area contributed by atoms with Gasteiger partial charge in [0.15, 0.2) is 0 Å². The third kappa shape index (κ3) is 2.08. The molecule has 0 aromatic heterocycles. The lowest BCUT2D eigenvalue weighted by molar-refractivity contribution is 0.187. The second-order valence-electron chi connectivity index (χ2n) is 2.88. The summed E-state index contributed by atoms with van der Waals surface area (Å²) in [6, 6.07) is 0.109. The fourth-order valence-corrected chi connectivity index (χ4v) is 1.49. The zero-order valence-corrected chi connectivity index (χ0v) is 6.63. The molecule has 0 saturated carbocycles. The Bertz CT molecular complexity index is 149. The maximum absolute atomic E-state index is 10.3. The lowest BCUT2D eigenvalue weighted by Gasteiger charge is -2.15. The van der Waals surface area contributed by atoms with Gasteiger partial charge in [-0.15, -0.1) is 0 Å². The Kier molecular flexibility index (Phi) is 2.70. The summed E-state index contributed by atoms with van der Waals surface area (Å²) in [6.45, 7) is 3.78. The van der Waals surface area contributed by atoms with Crippen molar-refractivity contribution in [2.75, 3.05) is 13.1 Å². The lowest BCUT2D eigenvalue weighted by atomic mass is 10.0. The summed E-state index contributed by atoms with van der Waals surface area (Å²) in [6.07, 6.45) is 0.106. The Morgan fingerprint density at radius 2 is 2.45 bits per heavy atom. The van der Waals surface area contributed by atoms with Crippen LogP contribution in [-0.4, -0.2) is 30.3 Å². The largest absolute Gasteiger partial charge is 0.465 e. The number of nitrogens with one attached hydrogen (secondary N) is 2. The predicted molar refractivity (Wildman–Crippen MR) is 41.6 cm³/mol. The Labute approximate surface area is 66.0 Å². The van der Waals surface area contributed by atoms with E-state index in [0.29, 0.717) is 5.92 Å². The third-order valence-corrected chi connectivity index (χ3v) is 2.17. The van der Waals surface area contributed by atoms with Crippen LogP contribution in [0.3, 0.4) is 0 Å². The molecule has 64 valence electrons. The Hall–Kier alpha value is -0.770. The van der Waals surface area contributed by atoms with Gasteiger partial charge in [-0.3, -0.25) is 0 Å². The average molecular weight is 158 g/mol. The van der Waals surface area contributed by atoms with E-state index in [4.69, 9.17) is 5.11 Å². The van der Waals surface area contributed by atoms with Gasteiger partial charge in [0.05, 0.1) is 0 Å². The first-order valence-corrected chi connectivity index (χ1v) is 3.94. The van der Waals surface area contributed by atoms with Crippen LogP contribution in [0, 0.1) is 5.92 Å². The molecule has 1 rings (SSSR count). The van der Waals surface area contributed by atoms with Gasteiger partial charge in [0, 0.05) is 19.1 Å². The van der Waals surface area contributed by atoms with Crippen molar-refractivity contribution in [2.45, 2.75) is 19.4 Å². The van der Waals surface area contributed by atoms with Gasteiger partial charge in [-0.05, 0) is 5.92 Å². The molecular formula is C7H14N2O2. The number of carboxylic acid groups (broad SMARTS) is 1. The average Bonchev–Trinajstić information content (AvgIpc) is 2.34. The van der Waals surface area contributed by atoms with Crippen molar-refractivity contribution in [3.63, 3.8) is 0 Å². The van der Waals surface area contributed by atoms with E-state index in [-0.39, 0.29) is 6.04 Å². The summed E-state index contributed by atoms with van der Waals surface area (Å²) >= 11 is 0. The maximum atomic E-state index is 10.3. The zero-order chi connectivity index (χ0) is 8.27. The third-order valence-electron chi connectivity index (χ3n) is 2.17. The zero-order valence-electron chi connectivity index (χ0n) is 6.63. The molecule has 0 aromatic rings. The van der Waals surface area contributed by atoms with Crippen LogP contribution in [0.15, 0.2) is 0 Å². The van der Waals surface area contributed by atoms with E-state index in [9.17, 15) is 4.79 Å². The van der Waals surface area contributed by atoms with Crippen molar-refractivity contribution in [3.05, 3.63) is 0 Å². The predicted octanol–water partition coefficient (Wildman–Crippen LogP) is 0.252. The van der Waals surface area contributed by atoms with Crippen LogP contribution in [0.2, 0.25) is 0 Å². The van der Waals surface area contributed by atoms with Crippen LogP contribution >= 0.6 is 0 Å². The molecule has 1 saturated heterocycles. The molecule has 0 radical (unpaired) electrons. The summed E-state index contributed by atoms with van der Waals surface area (Å²) in [7, 11) is 0. The van der Waals surface area contributed by atoms with Crippen molar-refractivity contribution in [1.82, 2.24) is 10.6 Å². The minimum Gasteiger partial charge on any atom is -0.465 e. The van der Waals surface area contributed by atoms with Crippen LogP contribution in [-0.2, 0) is 0 Å². The Morgan fingerprint density at radius 1 is 1.73 bits per heavy atom. The van der Waals surface area contributed by atoms with Crippen molar-refractivity contribution >= 4 is 6.09 Å². The highest BCUT2D eigenvalue weighted by atomic mass is 16.4. The van der Waals surface area contributed by atoms with E-state index >= 15 is 0 Å². The highest BCUT2D eigenvalue weighted by Gasteiger charge is 2.26. The van der Waals surface area contributed by atoms with Crippen LogP contribution < -0.4 is 10.6 Å². The fourth-order valence-electron chi connectivity index (χ4n) is 1.49. The SMILES string of the molecule is CC[C@H]1CNC[C@H]1NC(=O)O. The van der Waals surface area contributed by atoms with Crippen LogP contribution in [0.25, 0.3) is 0 Å². The van der Waals surface area contributed by atoms with E-state index in [2.05, 4.69) is 17.6 Å². The Balaban J connectivity index is 2.37. The highest BCUT2D eigenvalue weighted by Crippen LogP contribution is 2.12. The second kappa shape index (κ2) is 3.57. The highest BCUT2D eigenvalue weighted by molar-refractivity contribution is 5.65. The summed E-state index contributed by atoms with van der Waals surface area (Å²) in [5, 5.41) is 14.1. The van der Waals surface area contributed by atoms with Gasteiger partial charge in [-0.2, -0.15) is 0 Å². The van der Waals surface area contributed by atoms with Gasteiger partial charge in [0.25, 0.3) is 0 Å². The molecule has 0 aliphatic carbocycles. The molecule has 4 heteroatoms. The van der Waals surface area contributed by atoms with Crippen molar-refractivity contribution in [2.24, 2.45) is 5.92 Å². The van der Waals surface area contributed by atoms with Gasteiger partial charge in [-0.1, -0.05) is 13.3 Å². The molecule has 4 nitrogen and oxygen atoms in total. The first kappa shape index (κ1) is 8.33. The van der Waals surface area contributed by atoms with E-state index < -0.39 is 6.09 Å².